The first-order valence-electron chi connectivity index (χ1n) is 7.73. The van der Waals surface area contributed by atoms with Crippen molar-refractivity contribution in [3.05, 3.63) is 17.0 Å². The maximum Gasteiger partial charge on any atom is 0.0787 e. The normalized spacial score (nSPS) is 23.7. The quantitative estimate of drug-likeness (QED) is 0.871. The smallest absolute Gasteiger partial charge is 0.0787 e. The van der Waals surface area contributed by atoms with E-state index in [4.69, 9.17) is 9.84 Å². The fraction of sp³-hybridized carbons (Fsp3) is 0.812. The second-order valence-electron chi connectivity index (χ2n) is 7.20. The fourth-order valence-corrected chi connectivity index (χ4v) is 3.41. The zero-order valence-electron chi connectivity index (χ0n) is 14.2. The van der Waals surface area contributed by atoms with Crippen LogP contribution in [0.2, 0.25) is 0 Å². The first-order valence-corrected chi connectivity index (χ1v) is 7.73. The SMILES string of the molecule is Cc1nn(CCO)c(C)c1CNC1CC(C)(C)OC1(C)C. The van der Waals surface area contributed by atoms with E-state index < -0.39 is 0 Å². The molecule has 5 nitrogen and oxygen atoms in total. The molecule has 0 amide bonds. The lowest BCUT2D eigenvalue weighted by Crippen LogP contribution is -2.43. The largest absolute Gasteiger partial charge is 0.394 e. The third-order valence-corrected chi connectivity index (χ3v) is 4.44. The van der Waals surface area contributed by atoms with Gasteiger partial charge in [0, 0.05) is 23.8 Å². The van der Waals surface area contributed by atoms with Gasteiger partial charge in [0.05, 0.1) is 30.0 Å². The minimum Gasteiger partial charge on any atom is -0.394 e. The lowest BCUT2D eigenvalue weighted by molar-refractivity contribution is -0.0699. The molecule has 0 bridgehead atoms. The van der Waals surface area contributed by atoms with Gasteiger partial charge in [0.15, 0.2) is 0 Å². The highest BCUT2D eigenvalue weighted by Crippen LogP contribution is 2.37. The average Bonchev–Trinajstić information content (AvgIpc) is 2.71. The van der Waals surface area contributed by atoms with Crippen LogP contribution in [-0.4, -0.2) is 38.7 Å². The molecule has 1 aromatic rings. The molecule has 1 aliphatic rings. The molecule has 0 radical (unpaired) electrons. The van der Waals surface area contributed by atoms with Crippen molar-refractivity contribution in [3.63, 3.8) is 0 Å². The van der Waals surface area contributed by atoms with Crippen molar-refractivity contribution in [1.29, 1.82) is 0 Å². The molecule has 1 unspecified atom stereocenters. The number of aromatic nitrogens is 2. The highest BCUT2D eigenvalue weighted by molar-refractivity contribution is 5.24. The number of rotatable bonds is 5. The van der Waals surface area contributed by atoms with Gasteiger partial charge in [0.2, 0.25) is 0 Å². The summed E-state index contributed by atoms with van der Waals surface area (Å²) in [5.74, 6) is 0. The number of hydrogen-bond acceptors (Lipinski definition) is 4. The molecular formula is C16H29N3O2. The topological polar surface area (TPSA) is 59.3 Å². The Morgan fingerprint density at radius 2 is 2.00 bits per heavy atom. The third kappa shape index (κ3) is 3.47. The van der Waals surface area contributed by atoms with E-state index in [0.29, 0.717) is 12.6 Å². The summed E-state index contributed by atoms with van der Waals surface area (Å²) < 4.78 is 8.01. The van der Waals surface area contributed by atoms with Crippen LogP contribution in [-0.2, 0) is 17.8 Å². The van der Waals surface area contributed by atoms with Crippen LogP contribution < -0.4 is 5.32 Å². The molecule has 1 saturated heterocycles. The Morgan fingerprint density at radius 1 is 1.33 bits per heavy atom. The molecule has 1 aromatic heterocycles. The molecule has 0 aliphatic carbocycles. The maximum atomic E-state index is 9.08. The number of nitrogens with zero attached hydrogens (tertiary/aromatic N) is 2. The lowest BCUT2D eigenvalue weighted by atomic mass is 9.94. The first-order chi connectivity index (χ1) is 9.66. The standard InChI is InChI=1S/C16H29N3O2/c1-11-13(12(2)19(18-11)7-8-20)10-17-14-9-15(3,4)21-16(14,5)6/h14,17,20H,7-10H2,1-6H3. The summed E-state index contributed by atoms with van der Waals surface area (Å²) in [5.41, 5.74) is 3.15. The van der Waals surface area contributed by atoms with Gasteiger partial charge in [-0.15, -0.1) is 0 Å². The molecule has 1 atom stereocenters. The Bertz CT molecular complexity index is 506. The number of hydrogen-bond donors (Lipinski definition) is 2. The molecule has 1 aliphatic heterocycles. The van der Waals surface area contributed by atoms with Crippen LogP contribution in [0.4, 0.5) is 0 Å². The van der Waals surface area contributed by atoms with Crippen molar-refractivity contribution in [3.8, 4) is 0 Å². The Kier molecular flexibility index (Phi) is 4.47. The van der Waals surface area contributed by atoms with Gasteiger partial charge in [-0.2, -0.15) is 5.10 Å². The van der Waals surface area contributed by atoms with Gasteiger partial charge < -0.3 is 15.2 Å². The van der Waals surface area contributed by atoms with Gasteiger partial charge in [0.25, 0.3) is 0 Å². The van der Waals surface area contributed by atoms with Gasteiger partial charge in [0.1, 0.15) is 0 Å². The van der Waals surface area contributed by atoms with Gasteiger partial charge >= 0.3 is 0 Å². The Balaban J connectivity index is 2.07. The van der Waals surface area contributed by atoms with Gasteiger partial charge in [-0.05, 0) is 48.0 Å². The van der Waals surface area contributed by atoms with E-state index in [-0.39, 0.29) is 17.8 Å². The van der Waals surface area contributed by atoms with Crippen LogP contribution in [0.3, 0.4) is 0 Å². The van der Waals surface area contributed by atoms with Gasteiger partial charge in [-0.3, -0.25) is 4.68 Å². The second-order valence-corrected chi connectivity index (χ2v) is 7.20. The van der Waals surface area contributed by atoms with Crippen LogP contribution in [0.1, 0.15) is 51.1 Å². The zero-order chi connectivity index (χ0) is 15.8. The molecule has 2 N–H and O–H groups in total. The number of aryl methyl sites for hydroxylation is 1. The highest BCUT2D eigenvalue weighted by Gasteiger charge is 2.45. The summed E-state index contributed by atoms with van der Waals surface area (Å²) in [4.78, 5) is 0. The first kappa shape index (κ1) is 16.5. The minimum atomic E-state index is -0.160. The highest BCUT2D eigenvalue weighted by atomic mass is 16.5. The minimum absolute atomic E-state index is 0.0771. The van der Waals surface area contributed by atoms with E-state index in [2.05, 4.69) is 45.0 Å². The zero-order valence-corrected chi connectivity index (χ0v) is 14.2. The molecular weight excluding hydrogens is 266 g/mol. The van der Waals surface area contributed by atoms with Crippen molar-refractivity contribution < 1.29 is 9.84 Å². The lowest BCUT2D eigenvalue weighted by Gasteiger charge is -2.28. The third-order valence-electron chi connectivity index (χ3n) is 4.44. The number of nitrogens with one attached hydrogen (secondary N) is 1. The monoisotopic (exact) mass is 295 g/mol. The molecule has 120 valence electrons. The van der Waals surface area contributed by atoms with Gasteiger partial charge in [-0.25, -0.2) is 0 Å². The molecule has 0 spiro atoms. The summed E-state index contributed by atoms with van der Waals surface area (Å²) >= 11 is 0. The average molecular weight is 295 g/mol. The molecule has 2 rings (SSSR count). The number of aliphatic hydroxyl groups is 1. The van der Waals surface area contributed by atoms with E-state index in [0.717, 1.165) is 24.4 Å². The van der Waals surface area contributed by atoms with Crippen LogP contribution >= 0.6 is 0 Å². The number of aliphatic hydroxyl groups excluding tert-OH is 1. The molecule has 5 heteroatoms. The van der Waals surface area contributed by atoms with Crippen LogP contribution in [0.5, 0.6) is 0 Å². The number of ether oxygens (including phenoxy) is 1. The predicted octanol–water partition coefficient (Wildman–Crippen LogP) is 1.93. The summed E-state index contributed by atoms with van der Waals surface area (Å²) in [6.45, 7) is 14.1. The van der Waals surface area contributed by atoms with E-state index in [9.17, 15) is 0 Å². The maximum absolute atomic E-state index is 9.08. The van der Waals surface area contributed by atoms with Crippen molar-refractivity contribution in [2.24, 2.45) is 0 Å². The molecule has 0 saturated carbocycles. The Hall–Kier alpha value is -0.910. The van der Waals surface area contributed by atoms with Crippen molar-refractivity contribution in [2.45, 2.75) is 78.3 Å². The van der Waals surface area contributed by atoms with Gasteiger partial charge in [-0.1, -0.05) is 0 Å². The van der Waals surface area contributed by atoms with E-state index in [1.807, 2.05) is 11.6 Å². The van der Waals surface area contributed by atoms with E-state index >= 15 is 0 Å². The summed E-state index contributed by atoms with van der Waals surface area (Å²) in [7, 11) is 0. The van der Waals surface area contributed by atoms with Crippen LogP contribution in [0.15, 0.2) is 0 Å². The summed E-state index contributed by atoms with van der Waals surface area (Å²) in [6.07, 6.45) is 1.00. The second kappa shape index (κ2) is 5.71. The predicted molar refractivity (Wildman–Crippen MR) is 83.3 cm³/mol. The van der Waals surface area contributed by atoms with Crippen LogP contribution in [0, 0.1) is 13.8 Å². The molecule has 21 heavy (non-hydrogen) atoms. The molecule has 0 aromatic carbocycles. The van der Waals surface area contributed by atoms with Crippen LogP contribution in [0.25, 0.3) is 0 Å². The summed E-state index contributed by atoms with van der Waals surface area (Å²) in [6, 6.07) is 0.326. The van der Waals surface area contributed by atoms with Crippen molar-refractivity contribution in [2.75, 3.05) is 6.61 Å². The fourth-order valence-electron chi connectivity index (χ4n) is 3.41. The van der Waals surface area contributed by atoms with Crippen molar-refractivity contribution in [1.82, 2.24) is 15.1 Å². The Labute approximate surface area is 127 Å². The van der Waals surface area contributed by atoms with E-state index in [1.165, 1.54) is 5.56 Å². The summed E-state index contributed by atoms with van der Waals surface area (Å²) in [5, 5.41) is 17.2. The van der Waals surface area contributed by atoms with E-state index in [1.54, 1.807) is 0 Å². The molecule has 1 fully saturated rings. The van der Waals surface area contributed by atoms with Crippen molar-refractivity contribution >= 4 is 0 Å². The Morgan fingerprint density at radius 3 is 2.52 bits per heavy atom. The molecule has 2 heterocycles.